The Bertz CT molecular complexity index is 870. The van der Waals surface area contributed by atoms with Crippen molar-refractivity contribution in [2.75, 3.05) is 6.54 Å². The largest absolute Gasteiger partial charge is 0.481 e. The average Bonchev–Trinajstić information content (AvgIpc) is 2.99. The minimum atomic E-state index is -1.05. The van der Waals surface area contributed by atoms with Crippen LogP contribution in [0.3, 0.4) is 0 Å². The van der Waals surface area contributed by atoms with Crippen LogP contribution in [0.5, 0.6) is 5.75 Å². The van der Waals surface area contributed by atoms with Gasteiger partial charge in [0, 0.05) is 13.0 Å². The van der Waals surface area contributed by atoms with Crippen LogP contribution < -0.4 is 4.74 Å². The van der Waals surface area contributed by atoms with Gasteiger partial charge in [-0.1, -0.05) is 68.2 Å². The first-order valence-electron chi connectivity index (χ1n) is 10.7. The first kappa shape index (κ1) is 25.9. The zero-order valence-corrected chi connectivity index (χ0v) is 19.8. The zero-order chi connectivity index (χ0) is 23.5. The fourth-order valence-electron chi connectivity index (χ4n) is 3.21. The standard InChI is InChI=1S/C23H29NO6S2/c1-16(22(28)29)30-18-11-9-10-17(14-18)15-19-21(27)24(23(31)32-19)13-8-6-4-2-3-5-7-12-20(25)26/h9-11,14-16H,2-8,12-13H2,1H3,(H,25,26)(H,28,29)/b19-15-. The van der Waals surface area contributed by atoms with E-state index >= 15 is 0 Å². The Labute approximate surface area is 197 Å². The molecule has 0 radical (unpaired) electrons. The molecular formula is C23H29NO6S2. The first-order valence-corrected chi connectivity index (χ1v) is 12.0. The molecule has 1 fully saturated rings. The summed E-state index contributed by atoms with van der Waals surface area (Å²) < 4.78 is 5.93. The smallest absolute Gasteiger partial charge is 0.344 e. The van der Waals surface area contributed by atoms with Crippen LogP contribution in [0.1, 0.15) is 63.9 Å². The molecule has 7 nitrogen and oxygen atoms in total. The second-order valence-electron chi connectivity index (χ2n) is 7.62. The molecule has 1 aromatic carbocycles. The predicted molar refractivity (Wildman–Crippen MR) is 129 cm³/mol. The van der Waals surface area contributed by atoms with Crippen LogP contribution in [0.4, 0.5) is 0 Å². The Kier molecular flexibility index (Phi) is 10.7. The van der Waals surface area contributed by atoms with E-state index in [2.05, 4.69) is 0 Å². The highest BCUT2D eigenvalue weighted by atomic mass is 32.2. The number of rotatable bonds is 14. The Morgan fingerprint density at radius 2 is 1.78 bits per heavy atom. The van der Waals surface area contributed by atoms with Crippen LogP contribution in [0.15, 0.2) is 29.2 Å². The van der Waals surface area contributed by atoms with E-state index in [1.54, 1.807) is 29.2 Å². The summed E-state index contributed by atoms with van der Waals surface area (Å²) in [6.07, 6.45) is 7.70. The van der Waals surface area contributed by atoms with E-state index in [4.69, 9.17) is 27.2 Å². The van der Waals surface area contributed by atoms with E-state index in [1.165, 1.54) is 18.7 Å². The summed E-state index contributed by atoms with van der Waals surface area (Å²) in [5, 5.41) is 17.6. The molecule has 0 aliphatic carbocycles. The Morgan fingerprint density at radius 1 is 1.12 bits per heavy atom. The Hall–Kier alpha value is -2.39. The van der Waals surface area contributed by atoms with E-state index in [0.29, 0.717) is 21.5 Å². The molecule has 0 saturated carbocycles. The summed E-state index contributed by atoms with van der Waals surface area (Å²) in [4.78, 5) is 36.4. The van der Waals surface area contributed by atoms with Gasteiger partial charge < -0.3 is 14.9 Å². The predicted octanol–water partition coefficient (Wildman–Crippen LogP) is 4.95. The molecule has 174 valence electrons. The maximum atomic E-state index is 12.8. The van der Waals surface area contributed by atoms with Gasteiger partial charge in [-0.15, -0.1) is 0 Å². The van der Waals surface area contributed by atoms with Crippen LogP contribution in [0.2, 0.25) is 0 Å². The molecule has 9 heteroatoms. The van der Waals surface area contributed by atoms with Crippen LogP contribution in [0.25, 0.3) is 6.08 Å². The highest BCUT2D eigenvalue weighted by Crippen LogP contribution is 2.33. The van der Waals surface area contributed by atoms with Gasteiger partial charge in [0.15, 0.2) is 6.10 Å². The minimum absolute atomic E-state index is 0.112. The molecular weight excluding hydrogens is 450 g/mol. The molecule has 1 aliphatic rings. The number of thiocarbonyl (C=S) groups is 1. The topological polar surface area (TPSA) is 104 Å². The van der Waals surface area contributed by atoms with Gasteiger partial charge in [0.05, 0.1) is 4.91 Å². The van der Waals surface area contributed by atoms with Crippen molar-refractivity contribution in [3.8, 4) is 5.75 Å². The molecule has 1 amide bonds. The summed E-state index contributed by atoms with van der Waals surface area (Å²) in [6, 6.07) is 6.94. The number of aliphatic carboxylic acids is 2. The third-order valence-electron chi connectivity index (χ3n) is 4.96. The zero-order valence-electron chi connectivity index (χ0n) is 18.1. The van der Waals surface area contributed by atoms with E-state index in [0.717, 1.165) is 50.5 Å². The lowest BCUT2D eigenvalue weighted by Gasteiger charge is -2.14. The van der Waals surface area contributed by atoms with Crippen molar-refractivity contribution >= 4 is 52.2 Å². The molecule has 1 aromatic rings. The van der Waals surface area contributed by atoms with Gasteiger partial charge in [-0.2, -0.15) is 0 Å². The molecule has 0 bridgehead atoms. The summed E-state index contributed by atoms with van der Waals surface area (Å²) in [5.41, 5.74) is 0.739. The monoisotopic (exact) mass is 479 g/mol. The Balaban J connectivity index is 1.79. The lowest BCUT2D eigenvalue weighted by atomic mass is 10.1. The van der Waals surface area contributed by atoms with Crippen LogP contribution in [-0.2, 0) is 14.4 Å². The summed E-state index contributed by atoms with van der Waals surface area (Å²) >= 11 is 6.65. The number of hydrogen-bond donors (Lipinski definition) is 2. The highest BCUT2D eigenvalue weighted by molar-refractivity contribution is 8.26. The number of carboxylic acid groups (broad SMARTS) is 2. The maximum absolute atomic E-state index is 12.8. The Morgan fingerprint density at radius 3 is 2.44 bits per heavy atom. The second-order valence-corrected chi connectivity index (χ2v) is 9.30. The highest BCUT2D eigenvalue weighted by Gasteiger charge is 2.31. The van der Waals surface area contributed by atoms with Crippen molar-refractivity contribution in [1.82, 2.24) is 4.90 Å². The van der Waals surface area contributed by atoms with E-state index in [9.17, 15) is 14.4 Å². The molecule has 1 aliphatic heterocycles. The molecule has 1 heterocycles. The third kappa shape index (κ3) is 8.63. The number of nitrogens with zero attached hydrogens (tertiary/aromatic N) is 1. The van der Waals surface area contributed by atoms with Gasteiger partial charge in [0.1, 0.15) is 10.1 Å². The summed E-state index contributed by atoms with van der Waals surface area (Å²) in [5.74, 6) is -1.48. The van der Waals surface area contributed by atoms with Crippen molar-refractivity contribution in [2.45, 2.75) is 64.4 Å². The fraction of sp³-hybridized carbons (Fsp3) is 0.478. The number of unbranched alkanes of at least 4 members (excludes halogenated alkanes) is 6. The number of hydrogen-bond acceptors (Lipinski definition) is 6. The van der Waals surface area contributed by atoms with Gasteiger partial charge in [-0.25, -0.2) is 4.79 Å². The number of ether oxygens (including phenoxy) is 1. The molecule has 32 heavy (non-hydrogen) atoms. The van der Waals surface area contributed by atoms with Gasteiger partial charge >= 0.3 is 11.9 Å². The number of benzene rings is 1. The van der Waals surface area contributed by atoms with Crippen LogP contribution in [0, 0.1) is 0 Å². The third-order valence-corrected chi connectivity index (χ3v) is 6.34. The quantitative estimate of drug-likeness (QED) is 0.220. The van der Waals surface area contributed by atoms with Crippen molar-refractivity contribution in [1.29, 1.82) is 0 Å². The van der Waals surface area contributed by atoms with Gasteiger partial charge in [-0.05, 0) is 43.5 Å². The van der Waals surface area contributed by atoms with Crippen molar-refractivity contribution < 1.29 is 29.3 Å². The van der Waals surface area contributed by atoms with E-state index < -0.39 is 18.0 Å². The normalized spacial score (nSPS) is 15.9. The minimum Gasteiger partial charge on any atom is -0.481 e. The van der Waals surface area contributed by atoms with Crippen LogP contribution >= 0.6 is 24.0 Å². The molecule has 1 unspecified atom stereocenters. The lowest BCUT2D eigenvalue weighted by Crippen LogP contribution is -2.29. The van der Waals surface area contributed by atoms with Crippen molar-refractivity contribution in [2.24, 2.45) is 0 Å². The number of amides is 1. The average molecular weight is 480 g/mol. The molecule has 0 spiro atoms. The SMILES string of the molecule is CC(Oc1cccc(/C=C2\SC(=S)N(CCCCCCCCCC(=O)O)C2=O)c1)C(=O)O. The second kappa shape index (κ2) is 13.2. The fourth-order valence-corrected chi connectivity index (χ4v) is 4.51. The summed E-state index contributed by atoms with van der Waals surface area (Å²) in [6.45, 7) is 2.04. The van der Waals surface area contributed by atoms with Crippen LogP contribution in [-0.4, -0.2) is 49.9 Å². The molecule has 0 aromatic heterocycles. The van der Waals surface area contributed by atoms with Crippen molar-refractivity contribution in [3.05, 3.63) is 34.7 Å². The number of carbonyl (C=O) groups excluding carboxylic acids is 1. The number of thioether (sulfide) groups is 1. The first-order chi connectivity index (χ1) is 15.3. The molecule has 1 atom stereocenters. The molecule has 2 rings (SSSR count). The molecule has 1 saturated heterocycles. The van der Waals surface area contributed by atoms with Gasteiger partial charge in [0.25, 0.3) is 5.91 Å². The number of carboxylic acids is 2. The van der Waals surface area contributed by atoms with E-state index in [1.807, 2.05) is 6.07 Å². The maximum Gasteiger partial charge on any atom is 0.344 e. The lowest BCUT2D eigenvalue weighted by molar-refractivity contribution is -0.144. The number of carbonyl (C=O) groups is 3. The van der Waals surface area contributed by atoms with Crippen molar-refractivity contribution in [3.63, 3.8) is 0 Å². The van der Waals surface area contributed by atoms with Gasteiger partial charge in [-0.3, -0.25) is 14.5 Å². The summed E-state index contributed by atoms with van der Waals surface area (Å²) in [7, 11) is 0. The molecule has 2 N–H and O–H groups in total. The van der Waals surface area contributed by atoms with E-state index in [-0.39, 0.29) is 12.3 Å². The van der Waals surface area contributed by atoms with Gasteiger partial charge in [0.2, 0.25) is 0 Å².